The Morgan fingerprint density at radius 2 is 2.03 bits per heavy atom. The van der Waals surface area contributed by atoms with Gasteiger partial charge < -0.3 is 14.7 Å². The maximum Gasteiger partial charge on any atom is 0.222 e. The molecule has 0 radical (unpaired) electrons. The van der Waals surface area contributed by atoms with Crippen LogP contribution in [0.25, 0.3) is 22.0 Å². The molecule has 3 aromatic rings. The molecule has 0 bridgehead atoms. The summed E-state index contributed by atoms with van der Waals surface area (Å²) in [6.45, 7) is 4.50. The quantitative estimate of drug-likeness (QED) is 0.472. The van der Waals surface area contributed by atoms with E-state index in [1.54, 1.807) is 12.0 Å². The highest BCUT2D eigenvalue weighted by molar-refractivity contribution is 6.40. The molecule has 4 rings (SSSR count). The molecule has 0 saturated carbocycles. The monoisotopic (exact) mass is 501 g/mol. The average Bonchev–Trinajstić information content (AvgIpc) is 3.26. The molecule has 1 saturated heterocycles. The molecular weight excluding hydrogens is 473 g/mol. The molecule has 8 heteroatoms. The molecule has 2 heterocycles. The molecule has 180 valence electrons. The van der Waals surface area contributed by atoms with Crippen molar-refractivity contribution < 1.29 is 14.6 Å². The molecule has 1 fully saturated rings. The van der Waals surface area contributed by atoms with E-state index in [1.165, 1.54) is 0 Å². The zero-order chi connectivity index (χ0) is 24.4. The van der Waals surface area contributed by atoms with E-state index in [0.29, 0.717) is 35.2 Å². The Hall–Kier alpha value is -2.41. The molecule has 1 aliphatic heterocycles. The van der Waals surface area contributed by atoms with Crippen LogP contribution in [0.1, 0.15) is 38.1 Å². The minimum absolute atomic E-state index is 0.0151. The number of hydrogen-bond donors (Lipinski definition) is 1. The first-order valence-corrected chi connectivity index (χ1v) is 12.4. The molecule has 1 N–H and O–H groups in total. The number of ether oxygens (including phenoxy) is 1. The van der Waals surface area contributed by atoms with E-state index in [9.17, 15) is 9.90 Å². The van der Waals surface area contributed by atoms with Crippen LogP contribution in [-0.2, 0) is 17.6 Å². The molecule has 34 heavy (non-hydrogen) atoms. The summed E-state index contributed by atoms with van der Waals surface area (Å²) < 4.78 is 5.46. The Morgan fingerprint density at radius 1 is 1.24 bits per heavy atom. The second-order valence-electron chi connectivity index (χ2n) is 8.70. The van der Waals surface area contributed by atoms with E-state index >= 15 is 0 Å². The van der Waals surface area contributed by atoms with Gasteiger partial charge in [0.25, 0.3) is 0 Å². The number of hydrogen-bond acceptors (Lipinski definition) is 5. The normalized spacial score (nSPS) is 18.0. The third-order valence-electron chi connectivity index (χ3n) is 6.57. The van der Waals surface area contributed by atoms with Crippen LogP contribution in [0.5, 0.6) is 5.75 Å². The molecule has 0 spiro atoms. The number of benzene rings is 2. The topological polar surface area (TPSA) is 75.6 Å². The lowest BCUT2D eigenvalue weighted by Gasteiger charge is -2.22. The van der Waals surface area contributed by atoms with Crippen molar-refractivity contribution in [3.63, 3.8) is 0 Å². The van der Waals surface area contributed by atoms with Crippen molar-refractivity contribution >= 4 is 40.0 Å². The van der Waals surface area contributed by atoms with Crippen molar-refractivity contribution in [1.29, 1.82) is 0 Å². The van der Waals surface area contributed by atoms with E-state index in [4.69, 9.17) is 32.9 Å². The second kappa shape index (κ2) is 10.5. The molecule has 2 atom stereocenters. The van der Waals surface area contributed by atoms with Gasteiger partial charge in [0, 0.05) is 36.5 Å². The SMILES string of the molecule is CCC(=O)N1C[C@@H](Cc2ncc3cc(-c4c(Cl)c(CC)cc(OC)c4Cl)ccc3n2)C[C@H]1CO. The van der Waals surface area contributed by atoms with Crippen LogP contribution in [0.4, 0.5) is 0 Å². The van der Waals surface area contributed by atoms with Crippen molar-refractivity contribution in [3.8, 4) is 16.9 Å². The van der Waals surface area contributed by atoms with Crippen molar-refractivity contribution in [3.05, 3.63) is 51.9 Å². The summed E-state index contributed by atoms with van der Waals surface area (Å²) in [5.41, 5.74) is 3.42. The lowest BCUT2D eigenvalue weighted by Crippen LogP contribution is -2.37. The molecule has 0 unspecified atom stereocenters. The van der Waals surface area contributed by atoms with Gasteiger partial charge in [0.1, 0.15) is 11.6 Å². The summed E-state index contributed by atoms with van der Waals surface area (Å²) >= 11 is 13.3. The number of halogens is 2. The van der Waals surface area contributed by atoms with Gasteiger partial charge in [-0.2, -0.15) is 0 Å². The van der Waals surface area contributed by atoms with Crippen LogP contribution in [0.3, 0.4) is 0 Å². The number of amides is 1. The van der Waals surface area contributed by atoms with Gasteiger partial charge in [-0.25, -0.2) is 9.97 Å². The predicted octanol–water partition coefficient (Wildman–Crippen LogP) is 5.34. The smallest absolute Gasteiger partial charge is 0.222 e. The summed E-state index contributed by atoms with van der Waals surface area (Å²) in [7, 11) is 1.60. The van der Waals surface area contributed by atoms with Crippen molar-refractivity contribution in [2.24, 2.45) is 5.92 Å². The van der Waals surface area contributed by atoms with Crippen LogP contribution < -0.4 is 4.74 Å². The van der Waals surface area contributed by atoms with Crippen LogP contribution in [0.15, 0.2) is 30.5 Å². The van der Waals surface area contributed by atoms with Gasteiger partial charge in [-0.1, -0.05) is 43.1 Å². The number of aliphatic hydroxyl groups excluding tert-OH is 1. The number of likely N-dealkylation sites (tertiary alicyclic amines) is 1. The number of carbonyl (C=O) groups is 1. The molecule has 1 aromatic heterocycles. The molecule has 6 nitrogen and oxygen atoms in total. The van der Waals surface area contributed by atoms with Gasteiger partial charge in [0.15, 0.2) is 0 Å². The maximum absolute atomic E-state index is 12.2. The summed E-state index contributed by atoms with van der Waals surface area (Å²) in [5, 5.41) is 11.7. The Kier molecular flexibility index (Phi) is 7.60. The van der Waals surface area contributed by atoms with E-state index in [0.717, 1.165) is 46.3 Å². The highest BCUT2D eigenvalue weighted by atomic mass is 35.5. The van der Waals surface area contributed by atoms with Gasteiger partial charge in [0.05, 0.1) is 35.3 Å². The lowest BCUT2D eigenvalue weighted by atomic mass is 9.99. The largest absolute Gasteiger partial charge is 0.495 e. The third-order valence-corrected chi connectivity index (χ3v) is 7.37. The van der Waals surface area contributed by atoms with Crippen LogP contribution in [0, 0.1) is 5.92 Å². The summed E-state index contributed by atoms with van der Waals surface area (Å²) in [5.74, 6) is 1.64. The number of fused-ring (bicyclic) bond motifs is 1. The second-order valence-corrected chi connectivity index (χ2v) is 9.45. The van der Waals surface area contributed by atoms with E-state index in [1.807, 2.05) is 44.3 Å². The van der Waals surface area contributed by atoms with Crippen LogP contribution >= 0.6 is 23.2 Å². The van der Waals surface area contributed by atoms with Gasteiger partial charge in [-0.05, 0) is 48.1 Å². The fourth-order valence-corrected chi connectivity index (χ4v) is 5.53. The van der Waals surface area contributed by atoms with E-state index in [2.05, 4.69) is 4.98 Å². The third kappa shape index (κ3) is 4.72. The van der Waals surface area contributed by atoms with Gasteiger partial charge in [-0.15, -0.1) is 0 Å². The first-order chi connectivity index (χ1) is 16.4. The van der Waals surface area contributed by atoms with Gasteiger partial charge in [-0.3, -0.25) is 4.79 Å². The van der Waals surface area contributed by atoms with Gasteiger partial charge in [0.2, 0.25) is 5.91 Å². The lowest BCUT2D eigenvalue weighted by molar-refractivity contribution is -0.132. The summed E-state index contributed by atoms with van der Waals surface area (Å²) in [6, 6.07) is 7.66. The molecule has 1 aliphatic rings. The molecular formula is C26H29Cl2N3O3. The predicted molar refractivity (Wildman–Crippen MR) is 136 cm³/mol. The highest BCUT2D eigenvalue weighted by Gasteiger charge is 2.34. The zero-order valence-electron chi connectivity index (χ0n) is 19.6. The van der Waals surface area contributed by atoms with Crippen LogP contribution in [-0.4, -0.2) is 52.2 Å². The van der Waals surface area contributed by atoms with Crippen LogP contribution in [0.2, 0.25) is 10.0 Å². The zero-order valence-corrected chi connectivity index (χ0v) is 21.2. The average molecular weight is 502 g/mol. The summed E-state index contributed by atoms with van der Waals surface area (Å²) in [4.78, 5) is 23.3. The standard InChI is InChI=1S/C26H29Cl2N3O3/c1-4-16-11-21(34-3)26(28)24(25(16)27)17-6-7-20-18(10-17)12-29-22(30-20)9-15-8-19(14-32)31(13-15)23(33)5-2/h6-7,10-12,15,19,32H,4-5,8-9,13-14H2,1-3H3/t15-,19+/m1/s1. The van der Waals surface area contributed by atoms with E-state index < -0.39 is 0 Å². The Bertz CT molecular complexity index is 1190. The Balaban J connectivity index is 1.61. The number of aryl methyl sites for hydroxylation is 1. The van der Waals surface area contributed by atoms with Crippen molar-refractivity contribution in [1.82, 2.24) is 14.9 Å². The van der Waals surface area contributed by atoms with Crippen molar-refractivity contribution in [2.45, 2.75) is 45.6 Å². The minimum Gasteiger partial charge on any atom is -0.495 e. The first-order valence-electron chi connectivity index (χ1n) is 11.6. The molecule has 1 amide bonds. The number of aliphatic hydroxyl groups is 1. The van der Waals surface area contributed by atoms with Crippen molar-refractivity contribution in [2.75, 3.05) is 20.3 Å². The van der Waals surface area contributed by atoms with Gasteiger partial charge >= 0.3 is 0 Å². The Morgan fingerprint density at radius 3 is 2.71 bits per heavy atom. The Labute approximate surface area is 209 Å². The number of nitrogens with zero attached hydrogens (tertiary/aromatic N) is 3. The highest BCUT2D eigenvalue weighted by Crippen LogP contribution is 2.43. The summed E-state index contributed by atoms with van der Waals surface area (Å²) in [6.07, 6.45) is 4.44. The number of rotatable bonds is 7. The first kappa shape index (κ1) is 24.7. The fraction of sp³-hybridized carbons (Fsp3) is 0.423. The van der Waals surface area contributed by atoms with E-state index in [-0.39, 0.29) is 24.5 Å². The molecule has 2 aromatic carbocycles. The number of methoxy groups -OCH3 is 1. The minimum atomic E-state index is -0.120. The number of aromatic nitrogens is 2. The fourth-order valence-electron chi connectivity index (χ4n) is 4.75. The number of carbonyl (C=O) groups excluding carboxylic acids is 1. The maximum atomic E-state index is 12.2. The molecule has 0 aliphatic carbocycles.